The SMILES string of the molecule is Cc1cccc(C(=O)NC23CC4CC(C2)CC(c2nnc(-c5ccc(Cl)cc5)o2)(C4)C3)n1. The van der Waals surface area contributed by atoms with Crippen LogP contribution in [0.2, 0.25) is 5.02 Å². The van der Waals surface area contributed by atoms with Gasteiger partial charge in [-0.1, -0.05) is 17.7 Å². The van der Waals surface area contributed by atoms with E-state index in [1.807, 2.05) is 43.3 Å². The maximum atomic E-state index is 13.1. The van der Waals surface area contributed by atoms with Crippen LogP contribution in [-0.2, 0) is 5.41 Å². The van der Waals surface area contributed by atoms with Gasteiger partial charge in [0.2, 0.25) is 11.8 Å². The van der Waals surface area contributed by atoms with Gasteiger partial charge in [0.15, 0.2) is 0 Å². The van der Waals surface area contributed by atoms with Gasteiger partial charge in [-0.15, -0.1) is 10.2 Å². The van der Waals surface area contributed by atoms with Gasteiger partial charge >= 0.3 is 0 Å². The lowest BCUT2D eigenvalue weighted by Gasteiger charge is -2.60. The molecule has 0 aliphatic heterocycles. The molecule has 7 rings (SSSR count). The van der Waals surface area contributed by atoms with Gasteiger partial charge in [-0.05, 0) is 93.7 Å². The number of carbonyl (C=O) groups excluding carboxylic acids is 1. The van der Waals surface area contributed by atoms with Crippen molar-refractivity contribution in [3.05, 3.63) is 64.8 Å². The average Bonchev–Trinajstić information content (AvgIpc) is 3.24. The molecular formula is C25H25ClN4O2. The van der Waals surface area contributed by atoms with E-state index in [9.17, 15) is 4.79 Å². The Bertz CT molecular complexity index is 1170. The minimum Gasteiger partial charge on any atom is -0.420 e. The van der Waals surface area contributed by atoms with Crippen molar-refractivity contribution in [3.8, 4) is 11.5 Å². The van der Waals surface area contributed by atoms with Crippen molar-refractivity contribution in [3.63, 3.8) is 0 Å². The summed E-state index contributed by atoms with van der Waals surface area (Å²) in [6, 6.07) is 13.0. The lowest BCUT2D eigenvalue weighted by atomic mass is 9.46. The van der Waals surface area contributed by atoms with Gasteiger partial charge in [-0.2, -0.15) is 0 Å². The third kappa shape index (κ3) is 3.32. The number of aryl methyl sites for hydroxylation is 1. The second-order valence-corrected chi connectivity index (χ2v) is 10.5. The first-order valence-corrected chi connectivity index (χ1v) is 11.7. The molecule has 6 nitrogen and oxygen atoms in total. The molecule has 0 spiro atoms. The van der Waals surface area contributed by atoms with E-state index in [2.05, 4.69) is 20.5 Å². The fourth-order valence-corrected chi connectivity index (χ4v) is 6.91. The molecule has 4 fully saturated rings. The number of rotatable bonds is 4. The predicted molar refractivity (Wildman–Crippen MR) is 120 cm³/mol. The Morgan fingerprint density at radius 3 is 2.53 bits per heavy atom. The number of nitrogens with zero attached hydrogens (tertiary/aromatic N) is 3. The molecule has 1 aromatic carbocycles. The lowest BCUT2D eigenvalue weighted by Crippen LogP contribution is -2.64. The molecule has 4 aliphatic carbocycles. The first-order chi connectivity index (χ1) is 15.4. The first kappa shape index (κ1) is 19.9. The highest BCUT2D eigenvalue weighted by Gasteiger charge is 2.60. The third-order valence-electron chi connectivity index (χ3n) is 7.53. The van der Waals surface area contributed by atoms with Gasteiger partial charge in [-0.25, -0.2) is 4.98 Å². The van der Waals surface area contributed by atoms with Crippen LogP contribution in [0.5, 0.6) is 0 Å². The molecule has 4 saturated carbocycles. The molecule has 0 saturated heterocycles. The van der Waals surface area contributed by atoms with Crippen LogP contribution >= 0.6 is 11.6 Å². The quantitative estimate of drug-likeness (QED) is 0.599. The molecule has 4 bridgehead atoms. The first-order valence-electron chi connectivity index (χ1n) is 11.3. The Morgan fingerprint density at radius 2 is 1.81 bits per heavy atom. The molecule has 32 heavy (non-hydrogen) atoms. The minimum absolute atomic E-state index is 0.0850. The Labute approximate surface area is 191 Å². The Balaban J connectivity index is 1.30. The third-order valence-corrected chi connectivity index (χ3v) is 7.78. The maximum absolute atomic E-state index is 13.1. The van der Waals surface area contributed by atoms with Crippen molar-refractivity contribution in [1.82, 2.24) is 20.5 Å². The second-order valence-electron chi connectivity index (χ2n) is 10.1. The number of aromatic nitrogens is 3. The highest BCUT2D eigenvalue weighted by atomic mass is 35.5. The summed E-state index contributed by atoms with van der Waals surface area (Å²) in [4.78, 5) is 17.5. The molecular weight excluding hydrogens is 424 g/mol. The van der Waals surface area contributed by atoms with Gasteiger partial charge in [-0.3, -0.25) is 4.79 Å². The number of pyridine rings is 1. The predicted octanol–water partition coefficient (Wildman–Crippen LogP) is 5.11. The van der Waals surface area contributed by atoms with Crippen LogP contribution in [0.3, 0.4) is 0 Å². The number of carbonyl (C=O) groups is 1. The maximum Gasteiger partial charge on any atom is 0.270 e. The van der Waals surface area contributed by atoms with Crippen molar-refractivity contribution in [1.29, 1.82) is 0 Å². The van der Waals surface area contributed by atoms with Crippen LogP contribution in [0.25, 0.3) is 11.5 Å². The number of amides is 1. The summed E-state index contributed by atoms with van der Waals surface area (Å²) in [5.74, 6) is 2.28. The molecule has 2 aromatic heterocycles. The van der Waals surface area contributed by atoms with Crippen LogP contribution in [0.4, 0.5) is 0 Å². The molecule has 2 heterocycles. The van der Waals surface area contributed by atoms with Crippen LogP contribution in [0, 0.1) is 18.8 Å². The molecule has 2 unspecified atom stereocenters. The molecule has 1 amide bonds. The zero-order valence-corrected chi connectivity index (χ0v) is 18.7. The van der Waals surface area contributed by atoms with E-state index in [1.165, 1.54) is 6.42 Å². The molecule has 164 valence electrons. The van der Waals surface area contributed by atoms with Crippen molar-refractivity contribution in [2.45, 2.75) is 56.4 Å². The molecule has 2 atom stereocenters. The average molecular weight is 449 g/mol. The summed E-state index contributed by atoms with van der Waals surface area (Å²) in [5, 5.41) is 12.9. The summed E-state index contributed by atoms with van der Waals surface area (Å²) in [7, 11) is 0. The second kappa shape index (κ2) is 7.14. The van der Waals surface area contributed by atoms with E-state index >= 15 is 0 Å². The molecule has 0 radical (unpaired) electrons. The summed E-state index contributed by atoms with van der Waals surface area (Å²) in [6.07, 6.45) is 6.19. The normalized spacial score (nSPS) is 30.4. The molecule has 7 heteroatoms. The fraction of sp³-hybridized carbons (Fsp3) is 0.440. The van der Waals surface area contributed by atoms with Gasteiger partial charge in [0.25, 0.3) is 5.91 Å². The fourth-order valence-electron chi connectivity index (χ4n) is 6.78. The van der Waals surface area contributed by atoms with Crippen LogP contribution in [0.1, 0.15) is 60.6 Å². The standard InChI is InChI=1S/C25H25ClN4O2/c1-15-3-2-4-20(27-15)21(31)28-25-12-16-9-17(13-25)11-24(10-16,14-25)23-30-29-22(32-23)18-5-7-19(26)8-6-18/h2-8,16-17H,9-14H2,1H3,(H,28,31). The molecule has 4 aliphatic rings. The van der Waals surface area contributed by atoms with E-state index < -0.39 is 0 Å². The monoisotopic (exact) mass is 448 g/mol. The Hall–Kier alpha value is -2.73. The number of hydrogen-bond acceptors (Lipinski definition) is 5. The van der Waals surface area contributed by atoms with Crippen LogP contribution in [0.15, 0.2) is 46.9 Å². The number of halogens is 1. The Morgan fingerprint density at radius 1 is 1.06 bits per heavy atom. The van der Waals surface area contributed by atoms with Gasteiger partial charge in [0, 0.05) is 21.8 Å². The smallest absolute Gasteiger partial charge is 0.270 e. The van der Waals surface area contributed by atoms with Crippen LogP contribution in [-0.4, -0.2) is 26.6 Å². The van der Waals surface area contributed by atoms with E-state index in [1.54, 1.807) is 6.07 Å². The van der Waals surface area contributed by atoms with Gasteiger partial charge in [0.05, 0.1) is 5.41 Å². The number of nitrogens with one attached hydrogen (secondary N) is 1. The van der Waals surface area contributed by atoms with E-state index in [0.29, 0.717) is 34.3 Å². The van der Waals surface area contributed by atoms with Crippen molar-refractivity contribution < 1.29 is 9.21 Å². The number of hydrogen-bond donors (Lipinski definition) is 1. The zero-order valence-electron chi connectivity index (χ0n) is 18.0. The van der Waals surface area contributed by atoms with Crippen molar-refractivity contribution in [2.75, 3.05) is 0 Å². The zero-order chi connectivity index (χ0) is 21.9. The van der Waals surface area contributed by atoms with E-state index in [0.717, 1.165) is 43.4 Å². The van der Waals surface area contributed by atoms with Gasteiger partial charge < -0.3 is 9.73 Å². The van der Waals surface area contributed by atoms with Crippen LogP contribution < -0.4 is 5.32 Å². The van der Waals surface area contributed by atoms with Gasteiger partial charge in [0.1, 0.15) is 5.69 Å². The van der Waals surface area contributed by atoms with E-state index in [4.69, 9.17) is 16.0 Å². The number of benzene rings is 1. The summed E-state index contributed by atoms with van der Waals surface area (Å²) >= 11 is 6.02. The minimum atomic E-state index is -0.235. The molecule has 3 aromatic rings. The molecule has 1 N–H and O–H groups in total. The van der Waals surface area contributed by atoms with Crippen molar-refractivity contribution >= 4 is 17.5 Å². The largest absolute Gasteiger partial charge is 0.420 e. The van der Waals surface area contributed by atoms with E-state index in [-0.39, 0.29) is 16.9 Å². The topological polar surface area (TPSA) is 80.9 Å². The summed E-state index contributed by atoms with van der Waals surface area (Å²) in [6.45, 7) is 1.91. The highest BCUT2D eigenvalue weighted by molar-refractivity contribution is 6.30. The Kier molecular flexibility index (Phi) is 4.44. The highest BCUT2D eigenvalue weighted by Crippen LogP contribution is 2.62. The summed E-state index contributed by atoms with van der Waals surface area (Å²) in [5.41, 5.74) is 1.79. The van der Waals surface area contributed by atoms with Crippen molar-refractivity contribution in [2.24, 2.45) is 11.8 Å². The summed E-state index contributed by atoms with van der Waals surface area (Å²) < 4.78 is 6.25. The lowest BCUT2D eigenvalue weighted by molar-refractivity contribution is -0.0471.